The molecule has 1 atom stereocenters. The molecule has 0 aromatic heterocycles. The van der Waals surface area contributed by atoms with E-state index in [2.05, 4.69) is 5.32 Å². The molecule has 0 saturated carbocycles. The number of nitrogens with one attached hydrogen (secondary N) is 1. The molecule has 110 valence electrons. The third-order valence-corrected chi connectivity index (χ3v) is 3.71. The zero-order valence-electron chi connectivity index (χ0n) is 11.9. The van der Waals surface area contributed by atoms with Crippen LogP contribution in [0.25, 0.3) is 0 Å². The summed E-state index contributed by atoms with van der Waals surface area (Å²) in [6.45, 7) is 0.685. The maximum atomic E-state index is 6.03. The Morgan fingerprint density at radius 1 is 1.10 bits per heavy atom. The molecule has 21 heavy (non-hydrogen) atoms. The average Bonchev–Trinajstić information content (AvgIpc) is 2.53. The highest BCUT2D eigenvalue weighted by Gasteiger charge is 2.22. The second kappa shape index (κ2) is 5.74. The van der Waals surface area contributed by atoms with Crippen LogP contribution in [0.15, 0.2) is 36.4 Å². The van der Waals surface area contributed by atoms with Gasteiger partial charge < -0.3 is 19.5 Å². The number of benzene rings is 2. The van der Waals surface area contributed by atoms with Crippen molar-refractivity contribution < 1.29 is 14.2 Å². The third-order valence-electron chi connectivity index (χ3n) is 3.47. The minimum absolute atomic E-state index is 0.101. The fourth-order valence-electron chi connectivity index (χ4n) is 2.38. The number of halogens is 1. The van der Waals surface area contributed by atoms with Crippen LogP contribution in [0.5, 0.6) is 17.2 Å². The summed E-state index contributed by atoms with van der Waals surface area (Å²) < 4.78 is 16.6. The van der Waals surface area contributed by atoms with E-state index < -0.39 is 0 Å². The Hall–Kier alpha value is -2.07. The molecule has 1 unspecified atom stereocenters. The summed E-state index contributed by atoms with van der Waals surface area (Å²) in [5.41, 5.74) is 1.97. The van der Waals surface area contributed by atoms with Crippen LogP contribution in [0.2, 0.25) is 5.02 Å². The average molecular weight is 306 g/mol. The zero-order chi connectivity index (χ0) is 14.8. The van der Waals surface area contributed by atoms with Gasteiger partial charge in [-0.15, -0.1) is 0 Å². The van der Waals surface area contributed by atoms with Crippen LogP contribution in [-0.4, -0.2) is 20.8 Å². The minimum Gasteiger partial charge on any atom is -0.493 e. The van der Waals surface area contributed by atoms with Crippen molar-refractivity contribution >= 4 is 17.3 Å². The van der Waals surface area contributed by atoms with Gasteiger partial charge in [0.1, 0.15) is 11.9 Å². The number of fused-ring (bicyclic) bond motifs is 1. The van der Waals surface area contributed by atoms with Gasteiger partial charge in [-0.2, -0.15) is 0 Å². The quantitative estimate of drug-likeness (QED) is 0.933. The van der Waals surface area contributed by atoms with E-state index in [1.807, 2.05) is 36.4 Å². The fraction of sp³-hybridized carbons (Fsp3) is 0.250. The first-order valence-electron chi connectivity index (χ1n) is 6.63. The van der Waals surface area contributed by atoms with Gasteiger partial charge in [0, 0.05) is 11.1 Å². The highest BCUT2D eigenvalue weighted by atomic mass is 35.5. The van der Waals surface area contributed by atoms with Gasteiger partial charge in [-0.1, -0.05) is 17.7 Å². The molecule has 2 aromatic carbocycles. The van der Waals surface area contributed by atoms with Gasteiger partial charge in [0.2, 0.25) is 0 Å². The molecule has 3 rings (SSSR count). The first-order chi connectivity index (χ1) is 10.2. The van der Waals surface area contributed by atoms with Gasteiger partial charge in [0.15, 0.2) is 11.5 Å². The SMILES string of the molecule is COc1ccc(C2CNc3ccc(Cl)cc3O2)cc1OC. The standard InChI is InChI=1S/C16H16ClNO3/c1-19-13-6-3-10(7-15(13)20-2)16-9-18-12-5-4-11(17)8-14(12)21-16/h3-8,16,18H,9H2,1-2H3. The Balaban J connectivity index is 1.89. The van der Waals surface area contributed by atoms with Crippen LogP contribution in [0.3, 0.4) is 0 Å². The molecule has 2 aromatic rings. The Labute approximate surface area is 128 Å². The molecule has 0 spiro atoms. The van der Waals surface area contributed by atoms with Crippen LogP contribution in [0.4, 0.5) is 5.69 Å². The molecular weight excluding hydrogens is 290 g/mol. The predicted molar refractivity (Wildman–Crippen MR) is 82.9 cm³/mol. The summed E-state index contributed by atoms with van der Waals surface area (Å²) in [5, 5.41) is 4.00. The number of rotatable bonds is 3. The molecule has 1 aliphatic rings. The second-order valence-corrected chi connectivity index (χ2v) is 5.18. The maximum absolute atomic E-state index is 6.03. The minimum atomic E-state index is -0.101. The molecule has 0 saturated heterocycles. The van der Waals surface area contributed by atoms with Crippen molar-refractivity contribution in [2.75, 3.05) is 26.1 Å². The molecule has 1 aliphatic heterocycles. The molecular formula is C16H16ClNO3. The first-order valence-corrected chi connectivity index (χ1v) is 7.01. The molecule has 5 heteroatoms. The van der Waals surface area contributed by atoms with Gasteiger partial charge >= 0.3 is 0 Å². The number of methoxy groups -OCH3 is 2. The lowest BCUT2D eigenvalue weighted by Crippen LogP contribution is -2.23. The molecule has 0 bridgehead atoms. The summed E-state index contributed by atoms with van der Waals surface area (Å²) in [6.07, 6.45) is -0.101. The van der Waals surface area contributed by atoms with Gasteiger partial charge in [-0.3, -0.25) is 0 Å². The van der Waals surface area contributed by atoms with E-state index in [-0.39, 0.29) is 6.10 Å². The lowest BCUT2D eigenvalue weighted by molar-refractivity contribution is 0.210. The smallest absolute Gasteiger partial charge is 0.161 e. The maximum Gasteiger partial charge on any atom is 0.161 e. The normalized spacial score (nSPS) is 16.4. The zero-order valence-corrected chi connectivity index (χ0v) is 12.6. The lowest BCUT2D eigenvalue weighted by atomic mass is 10.1. The van der Waals surface area contributed by atoms with E-state index in [0.717, 1.165) is 17.0 Å². The fourth-order valence-corrected chi connectivity index (χ4v) is 2.54. The van der Waals surface area contributed by atoms with Crippen molar-refractivity contribution in [2.45, 2.75) is 6.10 Å². The van der Waals surface area contributed by atoms with Gasteiger partial charge in [0.05, 0.1) is 26.5 Å². The van der Waals surface area contributed by atoms with E-state index in [0.29, 0.717) is 23.1 Å². The van der Waals surface area contributed by atoms with Crippen LogP contribution in [-0.2, 0) is 0 Å². The topological polar surface area (TPSA) is 39.7 Å². The van der Waals surface area contributed by atoms with Gasteiger partial charge in [-0.25, -0.2) is 0 Å². The highest BCUT2D eigenvalue weighted by molar-refractivity contribution is 6.30. The largest absolute Gasteiger partial charge is 0.493 e. The van der Waals surface area contributed by atoms with Crippen molar-refractivity contribution in [1.82, 2.24) is 0 Å². The lowest BCUT2D eigenvalue weighted by Gasteiger charge is -2.28. The highest BCUT2D eigenvalue weighted by Crippen LogP contribution is 2.38. The number of ether oxygens (including phenoxy) is 3. The second-order valence-electron chi connectivity index (χ2n) is 4.74. The number of hydrogen-bond donors (Lipinski definition) is 1. The Kier molecular flexibility index (Phi) is 3.80. The van der Waals surface area contributed by atoms with Crippen LogP contribution in [0, 0.1) is 0 Å². The number of anilines is 1. The van der Waals surface area contributed by atoms with Crippen molar-refractivity contribution in [1.29, 1.82) is 0 Å². The van der Waals surface area contributed by atoms with Crippen LogP contribution >= 0.6 is 11.6 Å². The first kappa shape index (κ1) is 13.9. The molecule has 1 N–H and O–H groups in total. The van der Waals surface area contributed by atoms with E-state index in [4.69, 9.17) is 25.8 Å². The summed E-state index contributed by atoms with van der Waals surface area (Å²) in [4.78, 5) is 0. The summed E-state index contributed by atoms with van der Waals surface area (Å²) >= 11 is 6.01. The summed E-state index contributed by atoms with van der Waals surface area (Å²) in [6, 6.07) is 11.4. The van der Waals surface area contributed by atoms with Crippen LogP contribution in [0.1, 0.15) is 11.7 Å². The number of hydrogen-bond acceptors (Lipinski definition) is 4. The van der Waals surface area contributed by atoms with Crippen molar-refractivity contribution in [3.63, 3.8) is 0 Å². The molecule has 0 amide bonds. The van der Waals surface area contributed by atoms with Crippen molar-refractivity contribution in [3.8, 4) is 17.2 Å². The van der Waals surface area contributed by atoms with E-state index in [9.17, 15) is 0 Å². The van der Waals surface area contributed by atoms with E-state index in [1.165, 1.54) is 0 Å². The molecule has 1 heterocycles. The van der Waals surface area contributed by atoms with Crippen LogP contribution < -0.4 is 19.5 Å². The van der Waals surface area contributed by atoms with Crippen molar-refractivity contribution in [2.24, 2.45) is 0 Å². The van der Waals surface area contributed by atoms with E-state index >= 15 is 0 Å². The molecule has 0 radical (unpaired) electrons. The summed E-state index contributed by atoms with van der Waals surface area (Å²) in [7, 11) is 3.24. The monoisotopic (exact) mass is 305 g/mol. The molecule has 4 nitrogen and oxygen atoms in total. The van der Waals surface area contributed by atoms with Crippen molar-refractivity contribution in [3.05, 3.63) is 47.0 Å². The van der Waals surface area contributed by atoms with Gasteiger partial charge in [0.25, 0.3) is 0 Å². The predicted octanol–water partition coefficient (Wildman–Crippen LogP) is 3.90. The summed E-state index contributed by atoms with van der Waals surface area (Å²) in [5.74, 6) is 2.15. The third kappa shape index (κ3) is 2.72. The van der Waals surface area contributed by atoms with Gasteiger partial charge in [-0.05, 0) is 29.8 Å². The van der Waals surface area contributed by atoms with E-state index in [1.54, 1.807) is 14.2 Å². The molecule has 0 aliphatic carbocycles. The molecule has 0 fully saturated rings. The Morgan fingerprint density at radius 2 is 1.90 bits per heavy atom. The Bertz CT molecular complexity index is 660. The Morgan fingerprint density at radius 3 is 2.67 bits per heavy atom.